The zero-order valence-corrected chi connectivity index (χ0v) is 14.8. The summed E-state index contributed by atoms with van der Waals surface area (Å²) in [5.41, 5.74) is 3.00. The highest BCUT2D eigenvalue weighted by Crippen LogP contribution is 2.33. The highest BCUT2D eigenvalue weighted by molar-refractivity contribution is 5.65. The number of rotatable bonds is 4. The van der Waals surface area contributed by atoms with E-state index in [0.717, 1.165) is 42.3 Å². The molecule has 140 valence electrons. The van der Waals surface area contributed by atoms with Crippen molar-refractivity contribution in [2.24, 2.45) is 0 Å². The van der Waals surface area contributed by atoms with Crippen LogP contribution in [0.5, 0.6) is 0 Å². The molecule has 0 radical (unpaired) electrons. The Labute approximate surface area is 155 Å². The average molecular weight is 371 g/mol. The van der Waals surface area contributed by atoms with Crippen molar-refractivity contribution in [2.45, 2.75) is 25.3 Å². The van der Waals surface area contributed by atoms with Gasteiger partial charge in [0.05, 0.1) is 6.20 Å². The molecule has 1 saturated heterocycles. The highest BCUT2D eigenvalue weighted by atomic mass is 19.2. The van der Waals surface area contributed by atoms with Crippen LogP contribution in [0.2, 0.25) is 0 Å². The summed E-state index contributed by atoms with van der Waals surface area (Å²) in [6.07, 6.45) is 3.63. The maximum atomic E-state index is 14.0. The summed E-state index contributed by atoms with van der Waals surface area (Å²) >= 11 is 0. The van der Waals surface area contributed by atoms with E-state index in [4.69, 9.17) is 0 Å². The molecule has 0 amide bonds. The highest BCUT2D eigenvalue weighted by Gasteiger charge is 2.26. The first kappa shape index (κ1) is 17.8. The molecule has 1 fully saturated rings. The van der Waals surface area contributed by atoms with Gasteiger partial charge in [0.25, 0.3) is 0 Å². The van der Waals surface area contributed by atoms with Crippen molar-refractivity contribution in [3.8, 4) is 11.1 Å². The molecule has 0 aliphatic carbocycles. The van der Waals surface area contributed by atoms with Gasteiger partial charge >= 0.3 is 0 Å². The molecule has 6 heteroatoms. The molecule has 27 heavy (non-hydrogen) atoms. The summed E-state index contributed by atoms with van der Waals surface area (Å²) in [6.45, 7) is 1.90. The van der Waals surface area contributed by atoms with E-state index in [2.05, 4.69) is 15.1 Å². The van der Waals surface area contributed by atoms with Crippen LogP contribution in [-0.2, 0) is 6.54 Å². The molecule has 4 rings (SSSR count). The molecule has 1 aliphatic rings. The topological polar surface area (TPSA) is 31.9 Å². The van der Waals surface area contributed by atoms with Crippen molar-refractivity contribution >= 4 is 0 Å². The van der Waals surface area contributed by atoms with E-state index in [1.54, 1.807) is 18.3 Å². The van der Waals surface area contributed by atoms with Crippen molar-refractivity contribution in [1.82, 2.24) is 15.1 Å². The summed E-state index contributed by atoms with van der Waals surface area (Å²) in [7, 11) is 0. The molecule has 2 aromatic carbocycles. The van der Waals surface area contributed by atoms with Crippen LogP contribution in [0.3, 0.4) is 0 Å². The molecular formula is C21H20F3N3. The van der Waals surface area contributed by atoms with E-state index >= 15 is 0 Å². The normalized spacial score (nSPS) is 18.0. The number of nitrogens with one attached hydrogen (secondary N) is 1. The Hall–Kier alpha value is -2.60. The minimum absolute atomic E-state index is 0.177. The van der Waals surface area contributed by atoms with Crippen molar-refractivity contribution in [1.29, 1.82) is 0 Å². The number of aromatic nitrogens is 2. The lowest BCUT2D eigenvalue weighted by Gasteiger charge is -2.32. The number of aromatic amines is 1. The van der Waals surface area contributed by atoms with Crippen LogP contribution in [-0.4, -0.2) is 28.2 Å². The van der Waals surface area contributed by atoms with Crippen LogP contribution in [0.15, 0.2) is 48.7 Å². The van der Waals surface area contributed by atoms with E-state index in [0.29, 0.717) is 18.7 Å². The molecule has 0 saturated carbocycles. The predicted molar refractivity (Wildman–Crippen MR) is 97.6 cm³/mol. The van der Waals surface area contributed by atoms with E-state index in [-0.39, 0.29) is 11.7 Å². The maximum Gasteiger partial charge on any atom is 0.163 e. The molecule has 1 unspecified atom stereocenters. The second kappa shape index (κ2) is 7.56. The fourth-order valence-electron chi connectivity index (χ4n) is 3.84. The van der Waals surface area contributed by atoms with Crippen LogP contribution < -0.4 is 0 Å². The summed E-state index contributed by atoms with van der Waals surface area (Å²) in [6, 6.07) is 10.7. The van der Waals surface area contributed by atoms with E-state index in [1.807, 2.05) is 6.07 Å². The number of piperidine rings is 1. The van der Waals surface area contributed by atoms with Gasteiger partial charge in [-0.15, -0.1) is 0 Å². The van der Waals surface area contributed by atoms with E-state index in [1.165, 1.54) is 18.2 Å². The van der Waals surface area contributed by atoms with Crippen LogP contribution in [0.25, 0.3) is 11.1 Å². The molecule has 0 bridgehead atoms. The fraction of sp³-hybridized carbons (Fsp3) is 0.286. The smallest absolute Gasteiger partial charge is 0.163 e. The SMILES string of the molecule is Fc1cccc(-c2cn[nH]c2C2CCCN(Cc3cccc(F)c3F)C2)c1. The lowest BCUT2D eigenvalue weighted by Crippen LogP contribution is -2.34. The Morgan fingerprint density at radius 3 is 2.81 bits per heavy atom. The van der Waals surface area contributed by atoms with Gasteiger partial charge in [0.1, 0.15) is 5.82 Å². The molecule has 1 N–H and O–H groups in total. The third kappa shape index (κ3) is 3.76. The van der Waals surface area contributed by atoms with Gasteiger partial charge < -0.3 is 0 Å². The maximum absolute atomic E-state index is 14.0. The van der Waals surface area contributed by atoms with Gasteiger partial charge in [0.2, 0.25) is 0 Å². The monoisotopic (exact) mass is 371 g/mol. The molecular weight excluding hydrogens is 351 g/mol. The standard InChI is InChI=1S/C21H20F3N3/c22-17-7-1-4-14(10-17)18-11-25-26-21(18)16-6-3-9-27(13-16)12-15-5-2-8-19(23)20(15)24/h1-2,4-5,7-8,10-11,16H,3,6,9,12-13H2,(H,25,26). The van der Waals surface area contributed by atoms with Gasteiger partial charge in [-0.3, -0.25) is 10.00 Å². The minimum atomic E-state index is -0.817. The van der Waals surface area contributed by atoms with E-state index in [9.17, 15) is 13.2 Å². The van der Waals surface area contributed by atoms with Crippen LogP contribution in [0.1, 0.15) is 30.0 Å². The third-order valence-electron chi connectivity index (χ3n) is 5.14. The Bertz CT molecular complexity index is 938. The predicted octanol–water partition coefficient (Wildman–Crippen LogP) is 4.87. The van der Waals surface area contributed by atoms with Crippen LogP contribution in [0, 0.1) is 17.5 Å². The van der Waals surface area contributed by atoms with Crippen molar-refractivity contribution in [2.75, 3.05) is 13.1 Å². The summed E-state index contributed by atoms with van der Waals surface area (Å²) in [5, 5.41) is 7.23. The number of halogens is 3. The summed E-state index contributed by atoms with van der Waals surface area (Å²) in [4.78, 5) is 2.13. The van der Waals surface area contributed by atoms with Gasteiger partial charge in [0, 0.05) is 35.8 Å². The number of nitrogens with zero attached hydrogens (tertiary/aromatic N) is 2. The first-order chi connectivity index (χ1) is 13.1. The molecule has 0 spiro atoms. The third-order valence-corrected chi connectivity index (χ3v) is 5.14. The zero-order chi connectivity index (χ0) is 18.8. The number of hydrogen-bond acceptors (Lipinski definition) is 2. The zero-order valence-electron chi connectivity index (χ0n) is 14.8. The molecule has 1 atom stereocenters. The quantitative estimate of drug-likeness (QED) is 0.709. The first-order valence-electron chi connectivity index (χ1n) is 9.06. The summed E-state index contributed by atoms with van der Waals surface area (Å²) < 4.78 is 41.1. The Morgan fingerprint density at radius 1 is 1.11 bits per heavy atom. The van der Waals surface area contributed by atoms with Crippen LogP contribution in [0.4, 0.5) is 13.2 Å². The fourth-order valence-corrected chi connectivity index (χ4v) is 3.84. The minimum Gasteiger partial charge on any atom is -0.298 e. The second-order valence-corrected chi connectivity index (χ2v) is 6.99. The van der Waals surface area contributed by atoms with Crippen LogP contribution >= 0.6 is 0 Å². The Balaban J connectivity index is 1.54. The van der Waals surface area contributed by atoms with Gasteiger partial charge in [-0.05, 0) is 43.1 Å². The van der Waals surface area contributed by atoms with Gasteiger partial charge in [-0.2, -0.15) is 5.10 Å². The van der Waals surface area contributed by atoms with Crippen molar-refractivity contribution in [3.05, 3.63) is 77.4 Å². The Kier molecular flexibility index (Phi) is 4.99. The average Bonchev–Trinajstić information content (AvgIpc) is 3.16. The molecule has 1 aliphatic heterocycles. The Morgan fingerprint density at radius 2 is 1.96 bits per heavy atom. The lowest BCUT2D eigenvalue weighted by atomic mass is 9.90. The largest absolute Gasteiger partial charge is 0.298 e. The number of H-pyrrole nitrogens is 1. The van der Waals surface area contributed by atoms with Gasteiger partial charge in [0.15, 0.2) is 11.6 Å². The first-order valence-corrected chi connectivity index (χ1v) is 9.06. The second-order valence-electron chi connectivity index (χ2n) is 6.99. The van der Waals surface area contributed by atoms with E-state index < -0.39 is 11.6 Å². The molecule has 3 aromatic rings. The van der Waals surface area contributed by atoms with Gasteiger partial charge in [-0.1, -0.05) is 24.3 Å². The molecule has 3 nitrogen and oxygen atoms in total. The number of benzene rings is 2. The lowest BCUT2D eigenvalue weighted by molar-refractivity contribution is 0.196. The van der Waals surface area contributed by atoms with Crippen molar-refractivity contribution in [3.63, 3.8) is 0 Å². The number of hydrogen-bond donors (Lipinski definition) is 1. The number of likely N-dealkylation sites (tertiary alicyclic amines) is 1. The summed E-state index contributed by atoms with van der Waals surface area (Å²) in [5.74, 6) is -1.70. The molecule has 2 heterocycles. The van der Waals surface area contributed by atoms with Crippen molar-refractivity contribution < 1.29 is 13.2 Å². The molecule has 1 aromatic heterocycles. The van der Waals surface area contributed by atoms with Gasteiger partial charge in [-0.25, -0.2) is 13.2 Å².